The zero-order valence-corrected chi connectivity index (χ0v) is 10.1. The average Bonchev–Trinajstić information content (AvgIpc) is 2.31. The number of aliphatic hydroxyl groups is 1. The molecule has 2 nitrogen and oxygen atoms in total. The standard InChI is InChI=1S/C13H18ClNO/c14-12-6-2-1-5-11(12)13(16)8-10-4-3-7-15-9-10/h1-2,5-6,10,13,15-16H,3-4,7-9H2. The second kappa shape index (κ2) is 5.67. The Morgan fingerprint density at radius 2 is 2.25 bits per heavy atom. The number of rotatable bonds is 3. The zero-order chi connectivity index (χ0) is 11.4. The fourth-order valence-electron chi connectivity index (χ4n) is 2.31. The van der Waals surface area contributed by atoms with Gasteiger partial charge in [-0.1, -0.05) is 29.8 Å². The topological polar surface area (TPSA) is 32.3 Å². The van der Waals surface area contributed by atoms with Gasteiger partial charge in [0.25, 0.3) is 0 Å². The van der Waals surface area contributed by atoms with E-state index < -0.39 is 6.10 Å². The van der Waals surface area contributed by atoms with Crippen LogP contribution in [0.2, 0.25) is 5.02 Å². The maximum atomic E-state index is 10.1. The quantitative estimate of drug-likeness (QED) is 0.850. The maximum Gasteiger partial charge on any atom is 0.0807 e. The summed E-state index contributed by atoms with van der Waals surface area (Å²) in [6.45, 7) is 2.13. The summed E-state index contributed by atoms with van der Waals surface area (Å²) in [7, 11) is 0. The second-order valence-electron chi connectivity index (χ2n) is 4.49. The van der Waals surface area contributed by atoms with Gasteiger partial charge in [-0.25, -0.2) is 0 Å². The van der Waals surface area contributed by atoms with Crippen LogP contribution in [0, 0.1) is 5.92 Å². The van der Waals surface area contributed by atoms with Crippen molar-refractivity contribution in [3.63, 3.8) is 0 Å². The first-order valence-electron chi connectivity index (χ1n) is 5.90. The molecule has 1 fully saturated rings. The van der Waals surface area contributed by atoms with Crippen LogP contribution in [0.3, 0.4) is 0 Å². The first-order chi connectivity index (χ1) is 7.77. The van der Waals surface area contributed by atoms with Crippen molar-refractivity contribution >= 4 is 11.6 Å². The minimum Gasteiger partial charge on any atom is -0.388 e. The Morgan fingerprint density at radius 3 is 2.94 bits per heavy atom. The van der Waals surface area contributed by atoms with Crippen LogP contribution >= 0.6 is 11.6 Å². The van der Waals surface area contributed by atoms with Gasteiger partial charge < -0.3 is 10.4 Å². The lowest BCUT2D eigenvalue weighted by atomic mass is 9.91. The first-order valence-corrected chi connectivity index (χ1v) is 6.28. The molecular formula is C13H18ClNO. The molecule has 2 N–H and O–H groups in total. The summed E-state index contributed by atoms with van der Waals surface area (Å²) >= 11 is 6.06. The first kappa shape index (κ1) is 11.9. The molecule has 88 valence electrons. The fourth-order valence-corrected chi connectivity index (χ4v) is 2.57. The number of aliphatic hydroxyl groups excluding tert-OH is 1. The Morgan fingerprint density at radius 1 is 1.44 bits per heavy atom. The highest BCUT2D eigenvalue weighted by molar-refractivity contribution is 6.31. The summed E-state index contributed by atoms with van der Waals surface area (Å²) < 4.78 is 0. The fraction of sp³-hybridized carbons (Fsp3) is 0.538. The number of benzene rings is 1. The largest absolute Gasteiger partial charge is 0.388 e. The molecule has 1 saturated heterocycles. The molecule has 0 radical (unpaired) electrons. The van der Waals surface area contributed by atoms with E-state index in [-0.39, 0.29) is 0 Å². The van der Waals surface area contributed by atoms with Gasteiger partial charge in [-0.3, -0.25) is 0 Å². The summed E-state index contributed by atoms with van der Waals surface area (Å²) in [6, 6.07) is 7.55. The maximum absolute atomic E-state index is 10.1. The highest BCUT2D eigenvalue weighted by atomic mass is 35.5. The molecule has 2 atom stereocenters. The summed E-state index contributed by atoms with van der Waals surface area (Å²) in [6.07, 6.45) is 2.78. The smallest absolute Gasteiger partial charge is 0.0807 e. The van der Waals surface area contributed by atoms with Crippen LogP contribution in [-0.2, 0) is 0 Å². The molecule has 0 amide bonds. The Bertz CT molecular complexity index is 336. The lowest BCUT2D eigenvalue weighted by Gasteiger charge is -2.25. The van der Waals surface area contributed by atoms with Crippen LogP contribution < -0.4 is 5.32 Å². The van der Waals surface area contributed by atoms with E-state index in [0.29, 0.717) is 10.9 Å². The molecule has 1 aromatic rings. The van der Waals surface area contributed by atoms with E-state index in [0.717, 1.165) is 25.1 Å². The molecule has 1 heterocycles. The molecule has 0 bridgehead atoms. The number of nitrogens with one attached hydrogen (secondary N) is 1. The second-order valence-corrected chi connectivity index (χ2v) is 4.89. The highest BCUT2D eigenvalue weighted by Crippen LogP contribution is 2.29. The SMILES string of the molecule is OC(CC1CCCNC1)c1ccccc1Cl. The molecule has 3 heteroatoms. The lowest BCUT2D eigenvalue weighted by Crippen LogP contribution is -2.30. The number of hydrogen-bond donors (Lipinski definition) is 2. The molecule has 0 saturated carbocycles. The third kappa shape index (κ3) is 2.97. The van der Waals surface area contributed by atoms with Crippen molar-refractivity contribution in [1.82, 2.24) is 5.32 Å². The lowest BCUT2D eigenvalue weighted by molar-refractivity contribution is 0.135. The molecule has 1 aliphatic rings. The predicted octanol–water partition coefficient (Wildman–Crippen LogP) is 2.76. The summed E-state index contributed by atoms with van der Waals surface area (Å²) in [5.41, 5.74) is 0.856. The van der Waals surface area contributed by atoms with E-state index in [1.807, 2.05) is 24.3 Å². The van der Waals surface area contributed by atoms with Gasteiger partial charge >= 0.3 is 0 Å². The van der Waals surface area contributed by atoms with Crippen molar-refractivity contribution in [1.29, 1.82) is 0 Å². The molecule has 2 unspecified atom stereocenters. The van der Waals surface area contributed by atoms with Gasteiger partial charge in [-0.05, 0) is 49.9 Å². The molecule has 16 heavy (non-hydrogen) atoms. The number of piperidine rings is 1. The van der Waals surface area contributed by atoms with Crippen LogP contribution in [-0.4, -0.2) is 18.2 Å². The minimum atomic E-state index is -0.432. The minimum absolute atomic E-state index is 0.432. The molecule has 2 rings (SSSR count). The van der Waals surface area contributed by atoms with Crippen LogP contribution in [0.25, 0.3) is 0 Å². The molecule has 0 spiro atoms. The van der Waals surface area contributed by atoms with Crippen molar-refractivity contribution in [2.75, 3.05) is 13.1 Å². The van der Waals surface area contributed by atoms with Gasteiger partial charge in [0.1, 0.15) is 0 Å². The van der Waals surface area contributed by atoms with Crippen molar-refractivity contribution in [2.24, 2.45) is 5.92 Å². The number of halogens is 1. The Kier molecular flexibility index (Phi) is 4.22. The summed E-state index contributed by atoms with van der Waals surface area (Å²) in [4.78, 5) is 0. The Balaban J connectivity index is 1.96. The molecule has 0 aromatic heterocycles. The van der Waals surface area contributed by atoms with Gasteiger partial charge in [-0.2, -0.15) is 0 Å². The van der Waals surface area contributed by atoms with Crippen molar-refractivity contribution in [2.45, 2.75) is 25.4 Å². The van der Waals surface area contributed by atoms with Gasteiger partial charge in [0, 0.05) is 5.02 Å². The molecule has 0 aliphatic carbocycles. The van der Waals surface area contributed by atoms with E-state index >= 15 is 0 Å². The van der Waals surface area contributed by atoms with Gasteiger partial charge in [0.2, 0.25) is 0 Å². The molecular weight excluding hydrogens is 222 g/mol. The van der Waals surface area contributed by atoms with Crippen LogP contribution in [0.5, 0.6) is 0 Å². The van der Waals surface area contributed by atoms with E-state index in [1.165, 1.54) is 12.8 Å². The monoisotopic (exact) mass is 239 g/mol. The van der Waals surface area contributed by atoms with Crippen LogP contribution in [0.15, 0.2) is 24.3 Å². The summed E-state index contributed by atoms with van der Waals surface area (Å²) in [5.74, 6) is 0.569. The van der Waals surface area contributed by atoms with Gasteiger partial charge in [-0.15, -0.1) is 0 Å². The average molecular weight is 240 g/mol. The normalized spacial score (nSPS) is 23.0. The van der Waals surface area contributed by atoms with E-state index in [9.17, 15) is 5.11 Å². The third-order valence-electron chi connectivity index (χ3n) is 3.22. The number of hydrogen-bond acceptors (Lipinski definition) is 2. The summed E-state index contributed by atoms with van der Waals surface area (Å²) in [5, 5.41) is 14.2. The Labute approximate surface area is 102 Å². The van der Waals surface area contributed by atoms with Crippen LogP contribution in [0.4, 0.5) is 0 Å². The van der Waals surface area contributed by atoms with Gasteiger partial charge in [0.05, 0.1) is 6.10 Å². The highest BCUT2D eigenvalue weighted by Gasteiger charge is 2.19. The molecule has 1 aliphatic heterocycles. The third-order valence-corrected chi connectivity index (χ3v) is 3.56. The van der Waals surface area contributed by atoms with Crippen molar-refractivity contribution < 1.29 is 5.11 Å². The van der Waals surface area contributed by atoms with Gasteiger partial charge in [0.15, 0.2) is 0 Å². The predicted molar refractivity (Wildman–Crippen MR) is 66.6 cm³/mol. The Hall–Kier alpha value is -0.570. The molecule has 1 aromatic carbocycles. The van der Waals surface area contributed by atoms with Crippen molar-refractivity contribution in [3.05, 3.63) is 34.9 Å². The van der Waals surface area contributed by atoms with Crippen LogP contribution in [0.1, 0.15) is 30.9 Å². The zero-order valence-electron chi connectivity index (χ0n) is 9.32. The van der Waals surface area contributed by atoms with E-state index in [1.54, 1.807) is 0 Å². The van der Waals surface area contributed by atoms with Crippen molar-refractivity contribution in [3.8, 4) is 0 Å². The van der Waals surface area contributed by atoms with E-state index in [4.69, 9.17) is 11.6 Å². The van der Waals surface area contributed by atoms with E-state index in [2.05, 4.69) is 5.32 Å².